The van der Waals surface area contributed by atoms with Crippen LogP contribution in [0.4, 0.5) is 0 Å². The summed E-state index contributed by atoms with van der Waals surface area (Å²) in [5.41, 5.74) is 9.47. The number of rotatable bonds is 3. The van der Waals surface area contributed by atoms with E-state index >= 15 is 0 Å². The zero-order valence-corrected chi connectivity index (χ0v) is 12.3. The zero-order chi connectivity index (χ0) is 14.8. The van der Waals surface area contributed by atoms with E-state index in [-0.39, 0.29) is 6.04 Å². The van der Waals surface area contributed by atoms with Crippen molar-refractivity contribution in [3.8, 4) is 17.2 Å². The first kappa shape index (κ1) is 13.8. The molecule has 4 heteroatoms. The lowest BCUT2D eigenvalue weighted by molar-refractivity contribution is 0.171. The smallest absolute Gasteiger partial charge is 0.161 e. The number of nitrogens with two attached hydrogens (primary N) is 1. The molecule has 2 N–H and O–H groups in total. The monoisotopic (exact) mass is 285 g/mol. The van der Waals surface area contributed by atoms with Crippen molar-refractivity contribution in [2.45, 2.75) is 13.0 Å². The van der Waals surface area contributed by atoms with E-state index in [1.165, 1.54) is 0 Å². The summed E-state index contributed by atoms with van der Waals surface area (Å²) in [5.74, 6) is 2.32. The lowest BCUT2D eigenvalue weighted by Crippen LogP contribution is -2.17. The van der Waals surface area contributed by atoms with Gasteiger partial charge >= 0.3 is 0 Å². The van der Waals surface area contributed by atoms with Gasteiger partial charge in [0.05, 0.1) is 13.2 Å². The molecule has 1 unspecified atom stereocenters. The molecule has 3 rings (SSSR count). The fourth-order valence-corrected chi connectivity index (χ4v) is 2.51. The topological polar surface area (TPSA) is 53.7 Å². The van der Waals surface area contributed by atoms with Crippen LogP contribution in [0.1, 0.15) is 22.7 Å². The molecule has 2 aromatic rings. The molecule has 1 aliphatic rings. The minimum absolute atomic E-state index is 0.267. The van der Waals surface area contributed by atoms with E-state index in [9.17, 15) is 0 Å². The van der Waals surface area contributed by atoms with Crippen LogP contribution in [-0.4, -0.2) is 20.3 Å². The third kappa shape index (κ3) is 2.67. The summed E-state index contributed by atoms with van der Waals surface area (Å²) in [4.78, 5) is 0. The minimum atomic E-state index is -0.267. The third-order valence-corrected chi connectivity index (χ3v) is 3.65. The molecule has 0 radical (unpaired) electrons. The molecule has 0 aliphatic carbocycles. The van der Waals surface area contributed by atoms with Crippen molar-refractivity contribution in [1.82, 2.24) is 0 Å². The number of methoxy groups -OCH3 is 1. The number of benzene rings is 2. The second-order valence-electron chi connectivity index (χ2n) is 5.13. The van der Waals surface area contributed by atoms with Crippen LogP contribution < -0.4 is 19.9 Å². The average molecular weight is 285 g/mol. The molecule has 0 aromatic heterocycles. The van der Waals surface area contributed by atoms with Gasteiger partial charge in [-0.05, 0) is 36.2 Å². The molecule has 21 heavy (non-hydrogen) atoms. The molecule has 4 nitrogen and oxygen atoms in total. The number of fused-ring (bicyclic) bond motifs is 1. The quantitative estimate of drug-likeness (QED) is 0.942. The molecule has 0 saturated heterocycles. The number of aryl methyl sites for hydroxylation is 1. The Morgan fingerprint density at radius 2 is 1.81 bits per heavy atom. The maximum absolute atomic E-state index is 6.40. The Kier molecular flexibility index (Phi) is 3.71. The first-order valence-corrected chi connectivity index (χ1v) is 6.98. The summed E-state index contributed by atoms with van der Waals surface area (Å²) in [7, 11) is 1.66. The van der Waals surface area contributed by atoms with Gasteiger partial charge in [-0.1, -0.05) is 18.2 Å². The Bertz CT molecular complexity index is 654. The molecular formula is C17H19NO3. The van der Waals surface area contributed by atoms with Gasteiger partial charge in [0, 0.05) is 5.56 Å². The van der Waals surface area contributed by atoms with Crippen molar-refractivity contribution in [3.63, 3.8) is 0 Å². The molecule has 0 amide bonds. The van der Waals surface area contributed by atoms with E-state index in [2.05, 4.69) is 0 Å². The van der Waals surface area contributed by atoms with E-state index in [4.69, 9.17) is 19.9 Å². The van der Waals surface area contributed by atoms with Gasteiger partial charge in [0.25, 0.3) is 0 Å². The van der Waals surface area contributed by atoms with Crippen molar-refractivity contribution in [1.29, 1.82) is 0 Å². The van der Waals surface area contributed by atoms with Crippen LogP contribution in [0.25, 0.3) is 0 Å². The van der Waals surface area contributed by atoms with Gasteiger partial charge in [0.15, 0.2) is 11.5 Å². The van der Waals surface area contributed by atoms with Gasteiger partial charge < -0.3 is 19.9 Å². The summed E-state index contributed by atoms with van der Waals surface area (Å²) in [6.45, 7) is 3.19. The predicted molar refractivity (Wildman–Crippen MR) is 81.2 cm³/mol. The second-order valence-corrected chi connectivity index (χ2v) is 5.13. The summed E-state index contributed by atoms with van der Waals surface area (Å²) in [5, 5.41) is 0. The first-order chi connectivity index (χ1) is 10.2. The molecule has 110 valence electrons. The summed E-state index contributed by atoms with van der Waals surface area (Å²) < 4.78 is 16.6. The Balaban J connectivity index is 1.96. The fraction of sp³-hybridized carbons (Fsp3) is 0.294. The van der Waals surface area contributed by atoms with E-state index in [1.54, 1.807) is 7.11 Å². The van der Waals surface area contributed by atoms with Gasteiger partial charge in [-0.25, -0.2) is 0 Å². The molecule has 1 heterocycles. The van der Waals surface area contributed by atoms with E-state index in [0.717, 1.165) is 33.9 Å². The second kappa shape index (κ2) is 5.66. The Labute approximate surface area is 124 Å². The molecule has 1 aliphatic heterocycles. The number of hydrogen-bond donors (Lipinski definition) is 1. The molecule has 1 atom stereocenters. The lowest BCUT2D eigenvalue weighted by Gasteiger charge is -2.21. The van der Waals surface area contributed by atoms with E-state index < -0.39 is 0 Å². The van der Waals surface area contributed by atoms with Crippen molar-refractivity contribution in [2.24, 2.45) is 5.73 Å². The maximum atomic E-state index is 6.40. The van der Waals surface area contributed by atoms with Crippen LogP contribution in [-0.2, 0) is 0 Å². The lowest BCUT2D eigenvalue weighted by atomic mass is 9.97. The Morgan fingerprint density at radius 1 is 1.05 bits per heavy atom. The highest BCUT2D eigenvalue weighted by Crippen LogP contribution is 2.35. The van der Waals surface area contributed by atoms with Gasteiger partial charge in [0.1, 0.15) is 19.0 Å². The van der Waals surface area contributed by atoms with Crippen molar-refractivity contribution >= 4 is 0 Å². The van der Waals surface area contributed by atoms with Crippen LogP contribution in [0.3, 0.4) is 0 Å². The molecule has 0 bridgehead atoms. The van der Waals surface area contributed by atoms with Crippen LogP contribution in [0.2, 0.25) is 0 Å². The van der Waals surface area contributed by atoms with Crippen molar-refractivity contribution in [3.05, 3.63) is 53.1 Å². The fourth-order valence-electron chi connectivity index (χ4n) is 2.51. The molecule has 0 saturated carbocycles. The summed E-state index contributed by atoms with van der Waals surface area (Å²) in [6.07, 6.45) is 0. The van der Waals surface area contributed by atoms with Crippen LogP contribution in [0.5, 0.6) is 17.2 Å². The zero-order valence-electron chi connectivity index (χ0n) is 12.3. The predicted octanol–water partition coefficient (Wildman–Crippen LogP) is 2.82. The van der Waals surface area contributed by atoms with Gasteiger partial charge in [0.2, 0.25) is 0 Å². The highest BCUT2D eigenvalue weighted by atomic mass is 16.6. The van der Waals surface area contributed by atoms with Crippen molar-refractivity contribution in [2.75, 3.05) is 20.3 Å². The Hall–Kier alpha value is -2.20. The summed E-state index contributed by atoms with van der Waals surface area (Å²) >= 11 is 0. The average Bonchev–Trinajstić information content (AvgIpc) is 2.53. The van der Waals surface area contributed by atoms with Crippen molar-refractivity contribution < 1.29 is 14.2 Å². The van der Waals surface area contributed by atoms with Gasteiger partial charge in [-0.3, -0.25) is 0 Å². The number of ether oxygens (including phenoxy) is 3. The standard InChI is InChI=1S/C17H19NO3/c1-11-3-5-13(15(9-11)19-2)17(18)12-4-6-14-16(10-12)21-8-7-20-14/h3-6,9-10,17H,7-8,18H2,1-2H3. The maximum Gasteiger partial charge on any atom is 0.161 e. The molecule has 0 fully saturated rings. The molecule has 0 spiro atoms. The highest BCUT2D eigenvalue weighted by Gasteiger charge is 2.18. The van der Waals surface area contributed by atoms with Crippen LogP contribution in [0, 0.1) is 6.92 Å². The third-order valence-electron chi connectivity index (χ3n) is 3.65. The Morgan fingerprint density at radius 3 is 2.57 bits per heavy atom. The molecular weight excluding hydrogens is 266 g/mol. The minimum Gasteiger partial charge on any atom is -0.496 e. The highest BCUT2D eigenvalue weighted by molar-refractivity contribution is 5.49. The van der Waals surface area contributed by atoms with Gasteiger partial charge in [-0.15, -0.1) is 0 Å². The normalized spacial score (nSPS) is 14.6. The SMILES string of the molecule is COc1cc(C)ccc1C(N)c1ccc2c(c1)OCCO2. The van der Waals surface area contributed by atoms with Crippen LogP contribution in [0.15, 0.2) is 36.4 Å². The van der Waals surface area contributed by atoms with Gasteiger partial charge in [-0.2, -0.15) is 0 Å². The van der Waals surface area contributed by atoms with E-state index in [0.29, 0.717) is 13.2 Å². The molecule has 2 aromatic carbocycles. The number of hydrogen-bond acceptors (Lipinski definition) is 4. The van der Waals surface area contributed by atoms with Crippen LogP contribution >= 0.6 is 0 Å². The summed E-state index contributed by atoms with van der Waals surface area (Å²) in [6, 6.07) is 11.6. The van der Waals surface area contributed by atoms with E-state index in [1.807, 2.05) is 43.3 Å². The largest absolute Gasteiger partial charge is 0.496 e. The first-order valence-electron chi connectivity index (χ1n) is 6.98.